The zero-order valence-corrected chi connectivity index (χ0v) is 17.5. The molecule has 3 aliphatic rings. The molecule has 0 spiro atoms. The monoisotopic (exact) mass is 473 g/mol. The van der Waals surface area contributed by atoms with Crippen LogP contribution in [0.3, 0.4) is 0 Å². The summed E-state index contributed by atoms with van der Waals surface area (Å²) in [7, 11) is 0. The summed E-state index contributed by atoms with van der Waals surface area (Å²) >= 11 is 9.74. The van der Waals surface area contributed by atoms with E-state index in [9.17, 15) is 14.4 Å². The van der Waals surface area contributed by atoms with Crippen molar-refractivity contribution < 1.29 is 19.1 Å². The molecule has 5 rings (SSSR count). The Morgan fingerprint density at radius 1 is 1.10 bits per heavy atom. The van der Waals surface area contributed by atoms with E-state index in [2.05, 4.69) is 21.2 Å². The zero-order chi connectivity index (χ0) is 20.3. The van der Waals surface area contributed by atoms with Crippen LogP contribution in [0.25, 0.3) is 0 Å². The Bertz CT molecular complexity index is 1030. The van der Waals surface area contributed by atoms with Gasteiger partial charge in [-0.3, -0.25) is 14.4 Å². The fraction of sp³-hybridized carbons (Fsp3) is 0.318. The SMILES string of the molecule is O=C(c1ccccc1)c1cc(Cl)ccc1NC(=O)[C@@H]1[C@H]2C[C@H]3[C@H](OC(=O)[C@@H]31)[C@@H]2Br. The van der Waals surface area contributed by atoms with Gasteiger partial charge in [0, 0.05) is 22.1 Å². The smallest absolute Gasteiger partial charge is 0.310 e. The van der Waals surface area contributed by atoms with E-state index in [1.54, 1.807) is 42.5 Å². The molecule has 3 fully saturated rings. The maximum Gasteiger partial charge on any atom is 0.310 e. The molecule has 0 unspecified atom stereocenters. The van der Waals surface area contributed by atoms with Crippen molar-refractivity contribution in [2.45, 2.75) is 17.4 Å². The first kappa shape index (κ1) is 18.8. The van der Waals surface area contributed by atoms with Crippen molar-refractivity contribution in [3.8, 4) is 0 Å². The Kier molecular flexibility index (Phi) is 4.51. The predicted octanol–water partition coefficient (Wildman–Crippen LogP) is 4.08. The van der Waals surface area contributed by atoms with Crippen LogP contribution in [-0.4, -0.2) is 28.6 Å². The van der Waals surface area contributed by atoms with Crippen LogP contribution >= 0.6 is 27.5 Å². The number of rotatable bonds is 4. The predicted molar refractivity (Wildman–Crippen MR) is 111 cm³/mol. The Hall–Kier alpha value is -2.18. The van der Waals surface area contributed by atoms with Gasteiger partial charge >= 0.3 is 5.97 Å². The van der Waals surface area contributed by atoms with Crippen LogP contribution < -0.4 is 5.32 Å². The largest absolute Gasteiger partial charge is 0.461 e. The van der Waals surface area contributed by atoms with Crippen molar-refractivity contribution in [1.29, 1.82) is 0 Å². The van der Waals surface area contributed by atoms with Crippen LogP contribution in [0.5, 0.6) is 0 Å². The number of carbonyl (C=O) groups excluding carboxylic acids is 3. The highest BCUT2D eigenvalue weighted by Crippen LogP contribution is 2.60. The van der Waals surface area contributed by atoms with Crippen molar-refractivity contribution in [3.63, 3.8) is 0 Å². The van der Waals surface area contributed by atoms with Gasteiger partial charge in [-0.2, -0.15) is 0 Å². The maximum atomic E-state index is 13.2. The Morgan fingerprint density at radius 3 is 2.62 bits per heavy atom. The van der Waals surface area contributed by atoms with Crippen LogP contribution in [0.1, 0.15) is 22.3 Å². The number of amides is 1. The van der Waals surface area contributed by atoms with Gasteiger partial charge < -0.3 is 10.1 Å². The number of benzene rings is 2. The van der Waals surface area contributed by atoms with Gasteiger partial charge in [0.25, 0.3) is 0 Å². The highest BCUT2D eigenvalue weighted by atomic mass is 79.9. The number of esters is 1. The minimum absolute atomic E-state index is 0.0124. The lowest BCUT2D eigenvalue weighted by molar-refractivity contribution is -0.145. The molecular weight excluding hydrogens is 458 g/mol. The second kappa shape index (κ2) is 6.96. The number of carbonyl (C=O) groups is 3. The first-order valence-electron chi connectivity index (χ1n) is 9.50. The molecule has 1 aliphatic heterocycles. The molecule has 1 amide bonds. The van der Waals surface area contributed by atoms with Crippen molar-refractivity contribution in [2.24, 2.45) is 23.7 Å². The molecule has 2 bridgehead atoms. The highest BCUT2D eigenvalue weighted by molar-refractivity contribution is 9.09. The molecule has 6 atom stereocenters. The molecule has 2 aliphatic carbocycles. The molecular formula is C22H17BrClNO4. The van der Waals surface area contributed by atoms with E-state index >= 15 is 0 Å². The van der Waals surface area contributed by atoms with Crippen molar-refractivity contribution in [2.75, 3.05) is 5.32 Å². The van der Waals surface area contributed by atoms with Crippen molar-refractivity contribution in [1.82, 2.24) is 0 Å². The van der Waals surface area contributed by atoms with Gasteiger partial charge in [0.15, 0.2) is 5.78 Å². The summed E-state index contributed by atoms with van der Waals surface area (Å²) in [6, 6.07) is 13.6. The molecule has 1 heterocycles. The van der Waals surface area contributed by atoms with Gasteiger partial charge in [-0.25, -0.2) is 0 Å². The van der Waals surface area contributed by atoms with Crippen LogP contribution in [-0.2, 0) is 14.3 Å². The normalized spacial score (nSPS) is 31.6. The average molecular weight is 475 g/mol. The zero-order valence-electron chi connectivity index (χ0n) is 15.2. The lowest BCUT2D eigenvalue weighted by atomic mass is 9.79. The molecule has 2 saturated carbocycles. The Morgan fingerprint density at radius 2 is 1.86 bits per heavy atom. The number of ether oxygens (including phenoxy) is 1. The third kappa shape index (κ3) is 2.92. The van der Waals surface area contributed by atoms with Gasteiger partial charge in [0.05, 0.1) is 22.4 Å². The van der Waals surface area contributed by atoms with Crippen LogP contribution in [0, 0.1) is 23.7 Å². The van der Waals surface area contributed by atoms with E-state index in [1.165, 1.54) is 0 Å². The summed E-state index contributed by atoms with van der Waals surface area (Å²) in [4.78, 5) is 38.5. The summed E-state index contributed by atoms with van der Waals surface area (Å²) in [6.07, 6.45) is 0.665. The third-order valence-electron chi connectivity index (χ3n) is 6.35. The van der Waals surface area contributed by atoms with Gasteiger partial charge in [0.1, 0.15) is 6.10 Å². The summed E-state index contributed by atoms with van der Waals surface area (Å²) < 4.78 is 5.48. The summed E-state index contributed by atoms with van der Waals surface area (Å²) in [6.45, 7) is 0. The topological polar surface area (TPSA) is 72.5 Å². The van der Waals surface area contributed by atoms with Crippen LogP contribution in [0.2, 0.25) is 5.02 Å². The maximum absolute atomic E-state index is 13.2. The molecule has 2 aromatic rings. The summed E-state index contributed by atoms with van der Waals surface area (Å²) in [5.41, 5.74) is 1.22. The number of alkyl halides is 1. The van der Waals surface area contributed by atoms with Crippen molar-refractivity contribution >= 4 is 50.9 Å². The first-order chi connectivity index (χ1) is 14.0. The molecule has 7 heteroatoms. The summed E-state index contributed by atoms with van der Waals surface area (Å²) in [5, 5.41) is 3.30. The fourth-order valence-electron chi connectivity index (χ4n) is 5.10. The second-order valence-corrected chi connectivity index (χ2v) is 9.33. The molecule has 5 nitrogen and oxygen atoms in total. The van der Waals surface area contributed by atoms with Crippen molar-refractivity contribution in [3.05, 3.63) is 64.7 Å². The van der Waals surface area contributed by atoms with Crippen LogP contribution in [0.4, 0.5) is 5.69 Å². The Labute approximate surface area is 180 Å². The quantitative estimate of drug-likeness (QED) is 0.412. The highest BCUT2D eigenvalue weighted by Gasteiger charge is 2.67. The Balaban J connectivity index is 1.45. The van der Waals surface area contributed by atoms with Gasteiger partial charge in [0.2, 0.25) is 5.91 Å². The molecule has 2 aromatic carbocycles. The minimum atomic E-state index is -0.467. The average Bonchev–Trinajstić information content (AvgIpc) is 3.33. The van der Waals surface area contributed by atoms with E-state index in [1.807, 2.05) is 6.07 Å². The number of fused-ring (bicyclic) bond motifs is 1. The molecule has 148 valence electrons. The van der Waals surface area contributed by atoms with E-state index in [0.717, 1.165) is 6.42 Å². The molecule has 0 radical (unpaired) electrons. The standard InChI is InChI=1S/C22H17BrClNO4/c23-18-13-9-14-17(22(28)29-20(14)18)16(13)21(27)25-15-7-6-11(24)8-12(15)19(26)10-4-2-1-3-5-10/h1-8,13-14,16-18,20H,9H2,(H,25,27)/t13-,14-,16-,17+,18-,20+/m1/s1. The number of halogens is 2. The van der Waals surface area contributed by atoms with Crippen LogP contribution in [0.15, 0.2) is 48.5 Å². The van der Waals surface area contributed by atoms with E-state index < -0.39 is 11.8 Å². The molecule has 1 saturated heterocycles. The lowest BCUT2D eigenvalue weighted by Gasteiger charge is -2.27. The first-order valence-corrected chi connectivity index (χ1v) is 10.8. The number of anilines is 1. The van der Waals surface area contributed by atoms with E-state index in [-0.39, 0.29) is 40.4 Å². The van der Waals surface area contributed by atoms with Gasteiger partial charge in [-0.05, 0) is 30.5 Å². The number of ketones is 1. The second-order valence-electron chi connectivity index (χ2n) is 7.84. The van der Waals surface area contributed by atoms with E-state index in [4.69, 9.17) is 16.3 Å². The fourth-order valence-corrected chi connectivity index (χ4v) is 6.32. The number of nitrogens with one attached hydrogen (secondary N) is 1. The number of hydrogen-bond donors (Lipinski definition) is 1. The third-order valence-corrected chi connectivity index (χ3v) is 7.78. The van der Waals surface area contributed by atoms with Gasteiger partial charge in [-0.15, -0.1) is 0 Å². The molecule has 29 heavy (non-hydrogen) atoms. The molecule has 1 N–H and O–H groups in total. The molecule has 0 aromatic heterocycles. The summed E-state index contributed by atoms with van der Waals surface area (Å²) in [5.74, 6) is -1.51. The van der Waals surface area contributed by atoms with Gasteiger partial charge in [-0.1, -0.05) is 57.9 Å². The minimum Gasteiger partial charge on any atom is -0.461 e. The van der Waals surface area contributed by atoms with E-state index in [0.29, 0.717) is 21.8 Å². The number of hydrogen-bond acceptors (Lipinski definition) is 4. The lowest BCUT2D eigenvalue weighted by Crippen LogP contribution is -2.40.